The summed E-state index contributed by atoms with van der Waals surface area (Å²) in [6.07, 6.45) is 8.45. The molecule has 3 heteroatoms. The lowest BCUT2D eigenvalue weighted by atomic mass is 10.5. The molecule has 0 fully saturated rings. The molecule has 11 heavy (non-hydrogen) atoms. The van der Waals surface area contributed by atoms with Crippen LogP contribution in [0.2, 0.25) is 0 Å². The predicted molar refractivity (Wildman–Crippen MR) is 47.2 cm³/mol. The van der Waals surface area contributed by atoms with Gasteiger partial charge in [0.05, 0.1) is 13.3 Å². The smallest absolute Gasteiger partial charge is 0.224 e. The zero-order chi connectivity index (χ0) is 8.53. The van der Waals surface area contributed by atoms with Crippen molar-refractivity contribution in [2.45, 2.75) is 6.92 Å². The highest BCUT2D eigenvalue weighted by Crippen LogP contribution is 1.77. The van der Waals surface area contributed by atoms with E-state index in [1.54, 1.807) is 12.3 Å². The van der Waals surface area contributed by atoms with E-state index in [4.69, 9.17) is 5.41 Å². The Bertz CT molecular complexity index is 192. The molecule has 0 bridgehead atoms. The first kappa shape index (κ1) is 9.62. The van der Waals surface area contributed by atoms with Crippen molar-refractivity contribution in [2.24, 2.45) is 4.99 Å². The van der Waals surface area contributed by atoms with Gasteiger partial charge in [-0.1, -0.05) is 12.2 Å². The van der Waals surface area contributed by atoms with E-state index in [1.165, 1.54) is 13.3 Å². The summed E-state index contributed by atoms with van der Waals surface area (Å²) in [6, 6.07) is 0. The molecule has 0 aliphatic heterocycles. The second-order valence-corrected chi connectivity index (χ2v) is 1.71. The van der Waals surface area contributed by atoms with E-state index >= 15 is 0 Å². The van der Waals surface area contributed by atoms with Gasteiger partial charge in [-0.05, 0) is 13.0 Å². The van der Waals surface area contributed by atoms with Gasteiger partial charge in [-0.15, -0.1) is 0 Å². The molecule has 0 rings (SSSR count). The summed E-state index contributed by atoms with van der Waals surface area (Å²) in [4.78, 5) is 3.77. The van der Waals surface area contributed by atoms with Crippen molar-refractivity contribution in [1.82, 2.24) is 0 Å². The number of nitrogens with zero attached hydrogens (tertiary/aromatic N) is 1. The van der Waals surface area contributed by atoms with Crippen LogP contribution >= 0.6 is 0 Å². The van der Waals surface area contributed by atoms with Crippen LogP contribution in [0.3, 0.4) is 0 Å². The summed E-state index contributed by atoms with van der Waals surface area (Å²) < 4.78 is 4.54. The van der Waals surface area contributed by atoms with E-state index in [1.807, 2.05) is 19.1 Å². The highest BCUT2D eigenvalue weighted by atomic mass is 16.5. The van der Waals surface area contributed by atoms with Gasteiger partial charge in [0.15, 0.2) is 0 Å². The van der Waals surface area contributed by atoms with Gasteiger partial charge in [-0.2, -0.15) is 0 Å². The van der Waals surface area contributed by atoms with Crippen LogP contribution in [0.15, 0.2) is 29.4 Å². The number of ether oxygens (including phenoxy) is 1. The van der Waals surface area contributed by atoms with Gasteiger partial charge in [0.2, 0.25) is 5.90 Å². The van der Waals surface area contributed by atoms with E-state index in [0.717, 1.165) is 0 Å². The third kappa shape index (κ3) is 6.51. The molecule has 60 valence electrons. The molecule has 0 aromatic heterocycles. The number of rotatable bonds is 3. The van der Waals surface area contributed by atoms with Crippen molar-refractivity contribution in [2.75, 3.05) is 7.11 Å². The van der Waals surface area contributed by atoms with Crippen LogP contribution in [-0.2, 0) is 4.74 Å². The average molecular weight is 152 g/mol. The summed E-state index contributed by atoms with van der Waals surface area (Å²) in [5.41, 5.74) is 0. The SMILES string of the molecule is C/C=C\C=C/N=CC(=N)OC. The number of allylic oxidation sites excluding steroid dienone is 3. The van der Waals surface area contributed by atoms with Crippen molar-refractivity contribution in [3.05, 3.63) is 24.4 Å². The maximum Gasteiger partial charge on any atom is 0.224 e. The van der Waals surface area contributed by atoms with Crippen molar-refractivity contribution in [1.29, 1.82) is 5.41 Å². The molecule has 3 nitrogen and oxygen atoms in total. The molecule has 0 saturated carbocycles. The predicted octanol–water partition coefficient (Wildman–Crippen LogP) is 1.77. The zero-order valence-electron chi connectivity index (χ0n) is 6.74. The van der Waals surface area contributed by atoms with E-state index in [9.17, 15) is 0 Å². The quantitative estimate of drug-likeness (QED) is 0.374. The molecule has 0 aliphatic carbocycles. The lowest BCUT2D eigenvalue weighted by molar-refractivity contribution is 0.409. The molecular weight excluding hydrogens is 140 g/mol. The van der Waals surface area contributed by atoms with Crippen LogP contribution in [0.25, 0.3) is 0 Å². The summed E-state index contributed by atoms with van der Waals surface area (Å²) >= 11 is 0. The maximum atomic E-state index is 6.99. The third-order valence-electron chi connectivity index (χ3n) is 0.887. The second-order valence-electron chi connectivity index (χ2n) is 1.71. The second kappa shape index (κ2) is 6.74. The van der Waals surface area contributed by atoms with Crippen molar-refractivity contribution in [3.8, 4) is 0 Å². The van der Waals surface area contributed by atoms with Gasteiger partial charge in [0, 0.05) is 6.20 Å². The summed E-state index contributed by atoms with van der Waals surface area (Å²) in [6.45, 7) is 1.92. The fraction of sp³-hybridized carbons (Fsp3) is 0.250. The summed E-state index contributed by atoms with van der Waals surface area (Å²) in [5.74, 6) is 0.0510. The van der Waals surface area contributed by atoms with E-state index < -0.39 is 0 Å². The minimum absolute atomic E-state index is 0.0510. The Balaban J connectivity index is 3.68. The first-order valence-corrected chi connectivity index (χ1v) is 3.24. The molecule has 0 spiro atoms. The monoisotopic (exact) mass is 152 g/mol. The highest BCUT2D eigenvalue weighted by Gasteiger charge is 1.81. The minimum Gasteiger partial charge on any atom is -0.480 e. The summed E-state index contributed by atoms with van der Waals surface area (Å²) in [7, 11) is 1.43. The average Bonchev–Trinajstić information content (AvgIpc) is 2.04. The first-order valence-electron chi connectivity index (χ1n) is 3.24. The van der Waals surface area contributed by atoms with Crippen LogP contribution in [0.4, 0.5) is 0 Å². The number of aliphatic imine (C=N–C) groups is 1. The molecule has 0 saturated heterocycles. The Morgan fingerprint density at radius 1 is 1.45 bits per heavy atom. The molecule has 0 aromatic rings. The van der Waals surface area contributed by atoms with Crippen molar-refractivity contribution >= 4 is 12.1 Å². The highest BCUT2D eigenvalue weighted by molar-refractivity contribution is 6.24. The molecular formula is C8H12N2O. The normalized spacial score (nSPS) is 11.8. The fourth-order valence-corrected chi connectivity index (χ4v) is 0.374. The van der Waals surface area contributed by atoms with Crippen LogP contribution in [0.5, 0.6) is 0 Å². The van der Waals surface area contributed by atoms with Gasteiger partial charge in [0.25, 0.3) is 0 Å². The minimum atomic E-state index is 0.0510. The molecule has 0 radical (unpaired) electrons. The number of hydrogen-bond donors (Lipinski definition) is 1. The standard InChI is InChI=1S/C8H12N2O/c1-3-4-5-6-10-7-8(9)11-2/h3-7,9H,1-2H3/b4-3-,6-5-,9-8?,10-7?. The Labute approximate surface area is 66.6 Å². The summed E-state index contributed by atoms with van der Waals surface area (Å²) in [5, 5.41) is 6.99. The van der Waals surface area contributed by atoms with Crippen LogP contribution in [0.1, 0.15) is 6.92 Å². The third-order valence-corrected chi connectivity index (χ3v) is 0.887. The lowest BCUT2D eigenvalue weighted by Crippen LogP contribution is -1.98. The number of methoxy groups -OCH3 is 1. The Morgan fingerprint density at radius 3 is 2.73 bits per heavy atom. The molecule has 0 aliphatic rings. The van der Waals surface area contributed by atoms with Crippen LogP contribution < -0.4 is 0 Å². The van der Waals surface area contributed by atoms with Gasteiger partial charge in [-0.3, -0.25) is 10.4 Å². The van der Waals surface area contributed by atoms with Crippen LogP contribution in [-0.4, -0.2) is 19.2 Å². The molecule has 0 unspecified atom stereocenters. The number of nitrogens with one attached hydrogen (secondary N) is 1. The Hall–Kier alpha value is -1.38. The van der Waals surface area contributed by atoms with E-state index in [2.05, 4.69) is 9.73 Å². The molecule has 0 aromatic carbocycles. The van der Waals surface area contributed by atoms with Crippen molar-refractivity contribution in [3.63, 3.8) is 0 Å². The van der Waals surface area contributed by atoms with Crippen molar-refractivity contribution < 1.29 is 4.74 Å². The molecule has 1 N–H and O–H groups in total. The van der Waals surface area contributed by atoms with Crippen LogP contribution in [0, 0.1) is 5.41 Å². The molecule has 0 amide bonds. The van der Waals surface area contributed by atoms with E-state index in [0.29, 0.717) is 0 Å². The maximum absolute atomic E-state index is 6.99. The largest absolute Gasteiger partial charge is 0.480 e. The Kier molecular flexibility index (Phi) is 5.89. The van der Waals surface area contributed by atoms with Gasteiger partial charge in [-0.25, -0.2) is 0 Å². The first-order chi connectivity index (χ1) is 5.31. The molecule has 0 heterocycles. The topological polar surface area (TPSA) is 45.4 Å². The fourth-order valence-electron chi connectivity index (χ4n) is 0.374. The molecule has 0 atom stereocenters. The van der Waals surface area contributed by atoms with Gasteiger partial charge in [0.1, 0.15) is 0 Å². The zero-order valence-corrected chi connectivity index (χ0v) is 6.74. The lowest BCUT2D eigenvalue weighted by Gasteiger charge is -1.89. The van der Waals surface area contributed by atoms with E-state index in [-0.39, 0.29) is 5.90 Å². The van der Waals surface area contributed by atoms with Gasteiger partial charge >= 0.3 is 0 Å². The Morgan fingerprint density at radius 2 is 2.18 bits per heavy atom. The number of hydrogen-bond acceptors (Lipinski definition) is 3. The van der Waals surface area contributed by atoms with Gasteiger partial charge < -0.3 is 4.74 Å².